The molecule has 88 valence electrons. The van der Waals surface area contributed by atoms with Crippen molar-refractivity contribution in [2.75, 3.05) is 25.1 Å². The molecule has 1 heterocycles. The fourth-order valence-electron chi connectivity index (χ4n) is 2.47. The van der Waals surface area contributed by atoms with E-state index in [0.29, 0.717) is 0 Å². The van der Waals surface area contributed by atoms with Crippen LogP contribution in [-0.4, -0.2) is 20.2 Å². The Morgan fingerprint density at radius 2 is 1.94 bits per heavy atom. The lowest BCUT2D eigenvalue weighted by Gasteiger charge is -2.33. The summed E-state index contributed by atoms with van der Waals surface area (Å²) in [5.74, 6) is 1.92. The zero-order chi connectivity index (χ0) is 11.4. The van der Waals surface area contributed by atoms with Gasteiger partial charge in [0.1, 0.15) is 5.75 Å². The van der Waals surface area contributed by atoms with E-state index in [2.05, 4.69) is 24.0 Å². The summed E-state index contributed by atoms with van der Waals surface area (Å²) in [6, 6.07) is 8.32. The van der Waals surface area contributed by atoms with Crippen LogP contribution in [0.3, 0.4) is 0 Å². The quantitative estimate of drug-likeness (QED) is 0.773. The van der Waals surface area contributed by atoms with Crippen LogP contribution in [0.15, 0.2) is 24.3 Å². The predicted octanol–water partition coefficient (Wildman–Crippen LogP) is 3.32. The van der Waals surface area contributed by atoms with Gasteiger partial charge in [0.15, 0.2) is 0 Å². The Hall–Kier alpha value is -1.18. The van der Waals surface area contributed by atoms with Crippen LogP contribution in [0, 0.1) is 5.92 Å². The van der Waals surface area contributed by atoms with Gasteiger partial charge in [-0.3, -0.25) is 0 Å². The van der Waals surface area contributed by atoms with E-state index in [1.165, 1.54) is 38.0 Å². The third-order valence-electron chi connectivity index (χ3n) is 3.62. The van der Waals surface area contributed by atoms with E-state index >= 15 is 0 Å². The van der Waals surface area contributed by atoms with Gasteiger partial charge < -0.3 is 9.64 Å². The third-order valence-corrected chi connectivity index (χ3v) is 3.62. The highest BCUT2D eigenvalue weighted by Gasteiger charge is 2.19. The fraction of sp³-hybridized carbons (Fsp3) is 0.571. The van der Waals surface area contributed by atoms with Gasteiger partial charge in [0.25, 0.3) is 0 Å². The van der Waals surface area contributed by atoms with E-state index in [1.807, 2.05) is 12.1 Å². The molecule has 0 atom stereocenters. The van der Waals surface area contributed by atoms with Gasteiger partial charge in [0.2, 0.25) is 0 Å². The molecule has 1 aliphatic rings. The van der Waals surface area contributed by atoms with Gasteiger partial charge in [-0.2, -0.15) is 0 Å². The summed E-state index contributed by atoms with van der Waals surface area (Å²) >= 11 is 0. The highest BCUT2D eigenvalue weighted by molar-refractivity contribution is 5.58. The number of ether oxygens (including phenoxy) is 1. The number of para-hydroxylation sites is 2. The lowest BCUT2D eigenvalue weighted by Crippen LogP contribution is -2.33. The molecule has 0 spiro atoms. The zero-order valence-electron chi connectivity index (χ0n) is 10.3. The van der Waals surface area contributed by atoms with E-state index in [0.717, 1.165) is 11.7 Å². The summed E-state index contributed by atoms with van der Waals surface area (Å²) in [6.45, 7) is 4.63. The van der Waals surface area contributed by atoms with Crippen molar-refractivity contribution in [3.05, 3.63) is 24.3 Å². The topological polar surface area (TPSA) is 12.5 Å². The van der Waals surface area contributed by atoms with E-state index < -0.39 is 0 Å². The molecule has 16 heavy (non-hydrogen) atoms. The minimum atomic E-state index is 0.922. The van der Waals surface area contributed by atoms with Crippen molar-refractivity contribution < 1.29 is 4.74 Å². The van der Waals surface area contributed by atoms with Crippen molar-refractivity contribution >= 4 is 5.69 Å². The molecule has 1 aromatic carbocycles. The normalized spacial score (nSPS) is 17.5. The van der Waals surface area contributed by atoms with Crippen LogP contribution in [0.5, 0.6) is 5.75 Å². The molecule has 0 saturated carbocycles. The van der Waals surface area contributed by atoms with Crippen LogP contribution < -0.4 is 9.64 Å². The second kappa shape index (κ2) is 5.24. The molecule has 0 aliphatic carbocycles. The number of hydrogen-bond donors (Lipinski definition) is 0. The Kier molecular flexibility index (Phi) is 3.70. The monoisotopic (exact) mass is 219 g/mol. The molecule has 0 amide bonds. The van der Waals surface area contributed by atoms with Gasteiger partial charge in [-0.15, -0.1) is 0 Å². The maximum atomic E-state index is 5.41. The summed E-state index contributed by atoms with van der Waals surface area (Å²) in [7, 11) is 1.75. The predicted molar refractivity (Wildman–Crippen MR) is 68.2 cm³/mol. The molecule has 0 radical (unpaired) electrons. The summed E-state index contributed by atoms with van der Waals surface area (Å²) in [6.07, 6.45) is 3.95. The zero-order valence-corrected chi connectivity index (χ0v) is 10.3. The Bertz CT molecular complexity index is 329. The standard InChI is InChI=1S/C14H21NO/c1-3-12-8-10-15(11-9-12)13-6-4-5-7-14(13)16-2/h4-7,12H,3,8-11H2,1-2H3. The van der Waals surface area contributed by atoms with E-state index in [1.54, 1.807) is 7.11 Å². The van der Waals surface area contributed by atoms with Crippen LogP contribution in [-0.2, 0) is 0 Å². The minimum Gasteiger partial charge on any atom is -0.495 e. The molecule has 0 bridgehead atoms. The first-order valence-corrected chi connectivity index (χ1v) is 6.23. The molecule has 0 unspecified atom stereocenters. The third kappa shape index (κ3) is 2.31. The molecule has 2 heteroatoms. The number of anilines is 1. The van der Waals surface area contributed by atoms with Crippen LogP contribution in [0.1, 0.15) is 26.2 Å². The van der Waals surface area contributed by atoms with Crippen LogP contribution in [0.2, 0.25) is 0 Å². The number of hydrogen-bond acceptors (Lipinski definition) is 2. The Morgan fingerprint density at radius 1 is 1.25 bits per heavy atom. The molecular weight excluding hydrogens is 198 g/mol. The molecule has 1 aliphatic heterocycles. The molecule has 1 saturated heterocycles. The van der Waals surface area contributed by atoms with Crippen molar-refractivity contribution in [2.24, 2.45) is 5.92 Å². The lowest BCUT2D eigenvalue weighted by atomic mass is 9.94. The second-order valence-corrected chi connectivity index (χ2v) is 4.51. The molecule has 2 nitrogen and oxygen atoms in total. The largest absolute Gasteiger partial charge is 0.495 e. The Labute approximate surface area is 98.2 Å². The summed E-state index contributed by atoms with van der Waals surface area (Å²) < 4.78 is 5.41. The van der Waals surface area contributed by atoms with Gasteiger partial charge in [-0.25, -0.2) is 0 Å². The lowest BCUT2D eigenvalue weighted by molar-refractivity contribution is 0.385. The SMILES string of the molecule is CCC1CCN(c2ccccc2OC)CC1. The molecule has 1 aromatic rings. The second-order valence-electron chi connectivity index (χ2n) is 4.51. The van der Waals surface area contributed by atoms with Crippen molar-refractivity contribution in [3.8, 4) is 5.75 Å². The number of methoxy groups -OCH3 is 1. The maximum absolute atomic E-state index is 5.41. The van der Waals surface area contributed by atoms with Crippen molar-refractivity contribution in [2.45, 2.75) is 26.2 Å². The first-order chi connectivity index (χ1) is 7.85. The van der Waals surface area contributed by atoms with E-state index in [4.69, 9.17) is 4.74 Å². The van der Waals surface area contributed by atoms with Crippen molar-refractivity contribution in [1.29, 1.82) is 0 Å². The van der Waals surface area contributed by atoms with Gasteiger partial charge in [0.05, 0.1) is 12.8 Å². The molecule has 1 fully saturated rings. The first kappa shape index (κ1) is 11.3. The van der Waals surface area contributed by atoms with Gasteiger partial charge >= 0.3 is 0 Å². The number of nitrogens with zero attached hydrogens (tertiary/aromatic N) is 1. The Balaban J connectivity index is 2.07. The minimum absolute atomic E-state index is 0.922. The number of piperidine rings is 1. The van der Waals surface area contributed by atoms with Gasteiger partial charge in [-0.05, 0) is 30.9 Å². The summed E-state index contributed by atoms with van der Waals surface area (Å²) in [4.78, 5) is 2.45. The molecule has 0 aromatic heterocycles. The average molecular weight is 219 g/mol. The van der Waals surface area contributed by atoms with E-state index in [-0.39, 0.29) is 0 Å². The molecule has 2 rings (SSSR count). The highest BCUT2D eigenvalue weighted by Crippen LogP contribution is 2.31. The highest BCUT2D eigenvalue weighted by atomic mass is 16.5. The summed E-state index contributed by atoms with van der Waals surface area (Å²) in [5, 5.41) is 0. The molecule has 0 N–H and O–H groups in total. The number of rotatable bonds is 3. The maximum Gasteiger partial charge on any atom is 0.142 e. The van der Waals surface area contributed by atoms with Crippen LogP contribution in [0.4, 0.5) is 5.69 Å². The molecular formula is C14H21NO. The van der Waals surface area contributed by atoms with Gasteiger partial charge in [-0.1, -0.05) is 25.5 Å². The van der Waals surface area contributed by atoms with Crippen LogP contribution in [0.25, 0.3) is 0 Å². The fourth-order valence-corrected chi connectivity index (χ4v) is 2.47. The van der Waals surface area contributed by atoms with Gasteiger partial charge in [0, 0.05) is 13.1 Å². The Morgan fingerprint density at radius 3 is 2.56 bits per heavy atom. The van der Waals surface area contributed by atoms with E-state index in [9.17, 15) is 0 Å². The van der Waals surface area contributed by atoms with Crippen molar-refractivity contribution in [1.82, 2.24) is 0 Å². The summed E-state index contributed by atoms with van der Waals surface area (Å²) in [5.41, 5.74) is 1.25. The number of benzene rings is 1. The smallest absolute Gasteiger partial charge is 0.142 e. The van der Waals surface area contributed by atoms with Crippen molar-refractivity contribution in [3.63, 3.8) is 0 Å². The van der Waals surface area contributed by atoms with Crippen LogP contribution >= 0.6 is 0 Å². The average Bonchev–Trinajstić information content (AvgIpc) is 2.39. The first-order valence-electron chi connectivity index (χ1n) is 6.23.